The Balaban J connectivity index is 0.00000243. The fourth-order valence-corrected chi connectivity index (χ4v) is 4.04. The molecule has 3 rings (SSSR count). The van der Waals surface area contributed by atoms with Crippen LogP contribution in [0, 0.1) is 0 Å². The van der Waals surface area contributed by atoms with Crippen LogP contribution in [0.5, 0.6) is 0 Å². The second kappa shape index (κ2) is 11.1. The Labute approximate surface area is 174 Å². The van der Waals surface area contributed by atoms with Crippen molar-refractivity contribution in [3.63, 3.8) is 0 Å². The third-order valence-electron chi connectivity index (χ3n) is 5.50. The Morgan fingerprint density at radius 3 is 2.62 bits per heavy atom. The van der Waals surface area contributed by atoms with Crippen molar-refractivity contribution in [2.24, 2.45) is 4.99 Å². The molecule has 0 radical (unpaired) electrons. The van der Waals surface area contributed by atoms with Gasteiger partial charge >= 0.3 is 0 Å². The van der Waals surface area contributed by atoms with Gasteiger partial charge in [0.05, 0.1) is 19.5 Å². The number of halogens is 1. The molecule has 0 aromatic carbocycles. The summed E-state index contributed by atoms with van der Waals surface area (Å²) >= 11 is 0. The van der Waals surface area contributed by atoms with Crippen LogP contribution < -0.4 is 10.6 Å². The van der Waals surface area contributed by atoms with Crippen molar-refractivity contribution >= 4 is 29.9 Å². The molecule has 148 valence electrons. The lowest BCUT2D eigenvalue weighted by atomic mass is 9.80. The SMILES string of the molecule is CN=C(NCCn1ccnc1)NCC1(N2CCOCC2)CCCCC1.I. The Bertz CT molecular complexity index is 524. The lowest BCUT2D eigenvalue weighted by Gasteiger charge is -2.48. The zero-order chi connectivity index (χ0) is 17.4. The highest BCUT2D eigenvalue weighted by molar-refractivity contribution is 14.0. The van der Waals surface area contributed by atoms with E-state index in [4.69, 9.17) is 4.74 Å². The normalized spacial score (nSPS) is 21.0. The molecule has 1 aromatic rings. The summed E-state index contributed by atoms with van der Waals surface area (Å²) in [6, 6.07) is 0. The molecule has 26 heavy (non-hydrogen) atoms. The molecule has 2 aliphatic rings. The minimum absolute atomic E-state index is 0. The summed E-state index contributed by atoms with van der Waals surface area (Å²) < 4.78 is 7.63. The maximum absolute atomic E-state index is 5.57. The second-order valence-corrected chi connectivity index (χ2v) is 7.04. The number of ether oxygens (including phenoxy) is 1. The number of nitrogens with zero attached hydrogens (tertiary/aromatic N) is 4. The molecular formula is C18H33IN6O. The van der Waals surface area contributed by atoms with Crippen molar-refractivity contribution in [2.75, 3.05) is 46.4 Å². The van der Waals surface area contributed by atoms with E-state index in [1.165, 1.54) is 32.1 Å². The van der Waals surface area contributed by atoms with Crippen molar-refractivity contribution in [3.05, 3.63) is 18.7 Å². The van der Waals surface area contributed by atoms with E-state index in [0.29, 0.717) is 0 Å². The fourth-order valence-electron chi connectivity index (χ4n) is 4.04. The van der Waals surface area contributed by atoms with E-state index in [1.54, 1.807) is 0 Å². The molecule has 8 heteroatoms. The molecule has 0 bridgehead atoms. The van der Waals surface area contributed by atoms with Gasteiger partial charge in [0.15, 0.2) is 5.96 Å². The molecule has 1 aliphatic heterocycles. The standard InChI is InChI=1S/C18H32N6O.HI/c1-19-17(21-8-10-23-9-7-20-16-23)22-15-18(5-3-2-4-6-18)24-11-13-25-14-12-24;/h7,9,16H,2-6,8,10-15H2,1H3,(H2,19,21,22);1H. The first-order valence-corrected chi connectivity index (χ1v) is 9.55. The van der Waals surface area contributed by atoms with Crippen LogP contribution in [0.4, 0.5) is 0 Å². The Morgan fingerprint density at radius 2 is 1.96 bits per heavy atom. The van der Waals surface area contributed by atoms with E-state index >= 15 is 0 Å². The van der Waals surface area contributed by atoms with Gasteiger partial charge in [-0.15, -0.1) is 24.0 Å². The van der Waals surface area contributed by atoms with Gasteiger partial charge in [-0.2, -0.15) is 0 Å². The maximum Gasteiger partial charge on any atom is 0.191 e. The lowest BCUT2D eigenvalue weighted by Crippen LogP contribution is -2.60. The van der Waals surface area contributed by atoms with Gasteiger partial charge in [0.2, 0.25) is 0 Å². The van der Waals surface area contributed by atoms with Gasteiger partial charge in [-0.1, -0.05) is 19.3 Å². The van der Waals surface area contributed by atoms with Crippen molar-refractivity contribution in [1.82, 2.24) is 25.1 Å². The third-order valence-corrected chi connectivity index (χ3v) is 5.50. The van der Waals surface area contributed by atoms with Gasteiger partial charge in [0, 0.05) is 57.7 Å². The van der Waals surface area contributed by atoms with Gasteiger partial charge in [-0.3, -0.25) is 9.89 Å². The van der Waals surface area contributed by atoms with Gasteiger partial charge in [-0.05, 0) is 12.8 Å². The molecule has 1 aromatic heterocycles. The number of hydrogen-bond acceptors (Lipinski definition) is 4. The van der Waals surface area contributed by atoms with Crippen molar-refractivity contribution < 1.29 is 4.74 Å². The van der Waals surface area contributed by atoms with Gasteiger partial charge in [0.25, 0.3) is 0 Å². The van der Waals surface area contributed by atoms with Gasteiger partial charge < -0.3 is 19.9 Å². The molecular weight excluding hydrogens is 443 g/mol. The molecule has 1 saturated heterocycles. The zero-order valence-corrected chi connectivity index (χ0v) is 18.2. The molecule has 0 unspecified atom stereocenters. The summed E-state index contributed by atoms with van der Waals surface area (Å²) in [5.74, 6) is 0.887. The summed E-state index contributed by atoms with van der Waals surface area (Å²) in [5.41, 5.74) is 0.254. The Morgan fingerprint density at radius 1 is 1.19 bits per heavy atom. The molecule has 1 aliphatic carbocycles. The summed E-state index contributed by atoms with van der Waals surface area (Å²) in [6.07, 6.45) is 12.2. The number of aliphatic imine (C=N–C) groups is 1. The van der Waals surface area contributed by atoms with E-state index < -0.39 is 0 Å². The summed E-state index contributed by atoms with van der Waals surface area (Å²) in [5, 5.41) is 7.00. The number of guanidine groups is 1. The average molecular weight is 476 g/mol. The van der Waals surface area contributed by atoms with E-state index in [1.807, 2.05) is 25.8 Å². The predicted molar refractivity (Wildman–Crippen MR) is 115 cm³/mol. The van der Waals surface area contributed by atoms with Crippen LogP contribution in [0.3, 0.4) is 0 Å². The second-order valence-electron chi connectivity index (χ2n) is 7.04. The van der Waals surface area contributed by atoms with Crippen LogP contribution in [-0.4, -0.2) is 72.4 Å². The van der Waals surface area contributed by atoms with Crippen LogP contribution in [-0.2, 0) is 11.3 Å². The highest BCUT2D eigenvalue weighted by Gasteiger charge is 2.38. The van der Waals surface area contributed by atoms with E-state index in [9.17, 15) is 0 Å². The van der Waals surface area contributed by atoms with Crippen molar-refractivity contribution in [3.8, 4) is 0 Å². The third kappa shape index (κ3) is 5.82. The molecule has 7 nitrogen and oxygen atoms in total. The van der Waals surface area contributed by atoms with E-state index in [-0.39, 0.29) is 29.5 Å². The monoisotopic (exact) mass is 476 g/mol. The summed E-state index contributed by atoms with van der Waals surface area (Å²) in [4.78, 5) is 11.1. The van der Waals surface area contributed by atoms with Crippen LogP contribution in [0.2, 0.25) is 0 Å². The number of hydrogen-bond donors (Lipinski definition) is 2. The minimum Gasteiger partial charge on any atom is -0.379 e. The van der Waals surface area contributed by atoms with Crippen LogP contribution >= 0.6 is 24.0 Å². The number of aromatic nitrogens is 2. The van der Waals surface area contributed by atoms with Crippen LogP contribution in [0.25, 0.3) is 0 Å². The van der Waals surface area contributed by atoms with Crippen LogP contribution in [0.15, 0.2) is 23.7 Å². The molecule has 2 fully saturated rings. The summed E-state index contributed by atoms with van der Waals surface area (Å²) in [7, 11) is 1.84. The molecule has 0 amide bonds. The predicted octanol–water partition coefficient (Wildman–Crippen LogP) is 1.70. The molecule has 0 atom stereocenters. The average Bonchev–Trinajstić information content (AvgIpc) is 3.19. The largest absolute Gasteiger partial charge is 0.379 e. The van der Waals surface area contributed by atoms with Crippen molar-refractivity contribution in [2.45, 2.75) is 44.2 Å². The number of morpholine rings is 1. The maximum atomic E-state index is 5.57. The Hall–Kier alpha value is -0.870. The molecule has 2 N–H and O–H groups in total. The number of nitrogens with one attached hydrogen (secondary N) is 2. The molecule has 1 saturated carbocycles. The molecule has 2 heterocycles. The fraction of sp³-hybridized carbons (Fsp3) is 0.778. The summed E-state index contributed by atoms with van der Waals surface area (Å²) in [6.45, 7) is 6.50. The highest BCUT2D eigenvalue weighted by Crippen LogP contribution is 2.33. The molecule has 0 spiro atoms. The highest BCUT2D eigenvalue weighted by atomic mass is 127. The zero-order valence-electron chi connectivity index (χ0n) is 15.8. The quantitative estimate of drug-likeness (QED) is 0.372. The number of imidazole rings is 1. The van der Waals surface area contributed by atoms with E-state index in [2.05, 4.69) is 30.1 Å². The van der Waals surface area contributed by atoms with Crippen LogP contribution in [0.1, 0.15) is 32.1 Å². The van der Waals surface area contributed by atoms with Gasteiger partial charge in [-0.25, -0.2) is 4.98 Å². The minimum atomic E-state index is 0. The van der Waals surface area contributed by atoms with Crippen molar-refractivity contribution in [1.29, 1.82) is 0 Å². The first-order valence-electron chi connectivity index (χ1n) is 9.55. The topological polar surface area (TPSA) is 66.7 Å². The smallest absolute Gasteiger partial charge is 0.191 e. The first-order chi connectivity index (χ1) is 12.3. The van der Waals surface area contributed by atoms with Gasteiger partial charge in [0.1, 0.15) is 0 Å². The Kier molecular flexibility index (Phi) is 9.13. The number of rotatable bonds is 6. The lowest BCUT2D eigenvalue weighted by molar-refractivity contribution is -0.0352. The van der Waals surface area contributed by atoms with E-state index in [0.717, 1.165) is 51.9 Å². The first kappa shape index (κ1) is 21.4.